The molecule has 0 fully saturated rings. The number of rotatable bonds is 6. The lowest BCUT2D eigenvalue weighted by Gasteiger charge is -2.13. The first-order chi connectivity index (χ1) is 14.1. The Bertz CT molecular complexity index is 1210. The van der Waals surface area contributed by atoms with Gasteiger partial charge in [0.2, 0.25) is 11.9 Å². The molecule has 0 aliphatic heterocycles. The third-order valence-corrected chi connectivity index (χ3v) is 5.06. The van der Waals surface area contributed by atoms with Crippen LogP contribution in [0.15, 0.2) is 64.8 Å². The number of hydrogen-bond acceptors (Lipinski definition) is 6. The zero-order chi connectivity index (χ0) is 20.2. The number of para-hydroxylation sites is 1. The Balaban J connectivity index is 1.64. The van der Waals surface area contributed by atoms with Crippen LogP contribution >= 0.6 is 11.8 Å². The zero-order valence-corrected chi connectivity index (χ0v) is 15.8. The summed E-state index contributed by atoms with van der Waals surface area (Å²) in [5, 5.41) is 9.65. The van der Waals surface area contributed by atoms with Crippen molar-refractivity contribution in [3.8, 4) is 0 Å². The molecule has 0 atom stereocenters. The second-order valence-electron chi connectivity index (χ2n) is 6.10. The van der Waals surface area contributed by atoms with E-state index in [0.29, 0.717) is 16.1 Å². The van der Waals surface area contributed by atoms with E-state index >= 15 is 0 Å². The van der Waals surface area contributed by atoms with Crippen LogP contribution in [0.2, 0.25) is 0 Å². The lowest BCUT2D eigenvalue weighted by molar-refractivity contribution is -0.113. The van der Waals surface area contributed by atoms with E-state index in [1.54, 1.807) is 36.4 Å². The van der Waals surface area contributed by atoms with Crippen molar-refractivity contribution in [1.82, 2.24) is 24.7 Å². The van der Waals surface area contributed by atoms with E-state index in [4.69, 9.17) is 0 Å². The molecule has 2 aromatic carbocycles. The molecule has 2 aromatic heterocycles. The van der Waals surface area contributed by atoms with Gasteiger partial charge in [-0.1, -0.05) is 36.0 Å². The first-order valence-electron chi connectivity index (χ1n) is 8.62. The van der Waals surface area contributed by atoms with Gasteiger partial charge in [-0.05, 0) is 29.8 Å². The molecule has 0 aliphatic carbocycles. The van der Waals surface area contributed by atoms with Gasteiger partial charge in [-0.25, -0.2) is 14.5 Å². The molecule has 1 amide bonds. The van der Waals surface area contributed by atoms with E-state index in [1.165, 1.54) is 23.0 Å². The average molecular weight is 410 g/mol. The topological polar surface area (TPSA) is 106 Å². The summed E-state index contributed by atoms with van der Waals surface area (Å²) in [6.07, 6.45) is 1.29. The molecule has 2 heterocycles. The molecule has 8 nitrogen and oxygen atoms in total. The number of carbonyl (C=O) groups is 1. The number of aromatic amines is 1. The summed E-state index contributed by atoms with van der Waals surface area (Å²) in [4.78, 5) is 33.6. The second-order valence-corrected chi connectivity index (χ2v) is 7.04. The molecular formula is C19H15FN6O2S. The summed E-state index contributed by atoms with van der Waals surface area (Å²) < 4.78 is 14.7. The number of nitrogens with zero attached hydrogens (tertiary/aromatic N) is 4. The van der Waals surface area contributed by atoms with E-state index in [1.807, 2.05) is 0 Å². The predicted molar refractivity (Wildman–Crippen MR) is 107 cm³/mol. The van der Waals surface area contributed by atoms with Crippen molar-refractivity contribution >= 4 is 34.5 Å². The van der Waals surface area contributed by atoms with Gasteiger partial charge in [0.1, 0.15) is 12.1 Å². The summed E-state index contributed by atoms with van der Waals surface area (Å²) in [5.74, 6) is -0.404. The molecule has 0 saturated heterocycles. The fourth-order valence-corrected chi connectivity index (χ4v) is 3.53. The largest absolute Gasteiger partial charge is 0.294 e. The first kappa shape index (κ1) is 18.8. The van der Waals surface area contributed by atoms with Crippen LogP contribution in [0.25, 0.3) is 10.9 Å². The maximum Gasteiger partial charge on any atom is 0.262 e. The molecule has 0 bridgehead atoms. The van der Waals surface area contributed by atoms with Gasteiger partial charge < -0.3 is 0 Å². The molecule has 2 N–H and O–H groups in total. The lowest BCUT2D eigenvalue weighted by atomic mass is 10.2. The third-order valence-electron chi connectivity index (χ3n) is 4.09. The normalized spacial score (nSPS) is 10.9. The minimum atomic E-state index is -0.351. The van der Waals surface area contributed by atoms with Crippen molar-refractivity contribution in [2.24, 2.45) is 0 Å². The summed E-state index contributed by atoms with van der Waals surface area (Å²) >= 11 is 1.13. The molecular weight excluding hydrogens is 395 g/mol. The molecule has 0 unspecified atom stereocenters. The van der Waals surface area contributed by atoms with E-state index in [9.17, 15) is 14.0 Å². The Labute approximate surface area is 168 Å². The predicted octanol–water partition coefficient (Wildman–Crippen LogP) is 2.43. The van der Waals surface area contributed by atoms with Crippen LogP contribution in [-0.4, -0.2) is 36.4 Å². The van der Waals surface area contributed by atoms with Crippen LogP contribution in [0, 0.1) is 5.82 Å². The SMILES string of the molecule is O=C(CSc1nc2ccccc2c(=O)n1Cc1ccc(F)cc1)Nc1ncn[nH]1. The highest BCUT2D eigenvalue weighted by atomic mass is 32.2. The Morgan fingerprint density at radius 1 is 1.17 bits per heavy atom. The van der Waals surface area contributed by atoms with Crippen molar-refractivity contribution in [2.75, 3.05) is 11.1 Å². The van der Waals surface area contributed by atoms with Crippen LogP contribution in [-0.2, 0) is 11.3 Å². The fraction of sp³-hybridized carbons (Fsp3) is 0.105. The number of fused-ring (bicyclic) bond motifs is 1. The van der Waals surface area contributed by atoms with Crippen LogP contribution in [0.3, 0.4) is 0 Å². The molecule has 0 saturated carbocycles. The van der Waals surface area contributed by atoms with Gasteiger partial charge in [0.05, 0.1) is 23.2 Å². The van der Waals surface area contributed by atoms with Gasteiger partial charge in [-0.15, -0.1) is 0 Å². The Kier molecular flexibility index (Phi) is 5.34. The summed E-state index contributed by atoms with van der Waals surface area (Å²) in [5.41, 5.74) is 1.07. The average Bonchev–Trinajstić information content (AvgIpc) is 3.23. The maximum absolute atomic E-state index is 13.2. The number of aromatic nitrogens is 5. The van der Waals surface area contributed by atoms with Gasteiger partial charge in [0, 0.05) is 0 Å². The lowest BCUT2D eigenvalue weighted by Crippen LogP contribution is -2.25. The molecule has 4 rings (SSSR count). The summed E-state index contributed by atoms with van der Waals surface area (Å²) in [6, 6.07) is 12.9. The molecule has 4 aromatic rings. The highest BCUT2D eigenvalue weighted by Crippen LogP contribution is 2.19. The number of anilines is 1. The smallest absolute Gasteiger partial charge is 0.262 e. The van der Waals surface area contributed by atoms with E-state index in [-0.39, 0.29) is 35.5 Å². The molecule has 0 radical (unpaired) electrons. The quantitative estimate of drug-likeness (QED) is 0.374. The van der Waals surface area contributed by atoms with Gasteiger partial charge in [0.25, 0.3) is 5.56 Å². The monoisotopic (exact) mass is 410 g/mol. The number of nitrogens with one attached hydrogen (secondary N) is 2. The number of carbonyl (C=O) groups excluding carboxylic acids is 1. The highest BCUT2D eigenvalue weighted by Gasteiger charge is 2.14. The zero-order valence-electron chi connectivity index (χ0n) is 15.0. The first-order valence-corrected chi connectivity index (χ1v) is 9.61. The van der Waals surface area contributed by atoms with Crippen LogP contribution in [0.4, 0.5) is 10.3 Å². The van der Waals surface area contributed by atoms with Crippen LogP contribution < -0.4 is 10.9 Å². The van der Waals surface area contributed by atoms with Crippen molar-refractivity contribution in [3.05, 3.63) is 76.6 Å². The number of thioether (sulfide) groups is 1. The van der Waals surface area contributed by atoms with E-state index in [2.05, 4.69) is 25.5 Å². The van der Waals surface area contributed by atoms with Gasteiger partial charge in [-0.3, -0.25) is 19.5 Å². The van der Waals surface area contributed by atoms with Gasteiger partial charge in [0.15, 0.2) is 5.16 Å². The van der Waals surface area contributed by atoms with E-state index < -0.39 is 0 Å². The molecule has 0 aliphatic rings. The third kappa shape index (κ3) is 4.32. The number of H-pyrrole nitrogens is 1. The maximum atomic E-state index is 13.2. The summed E-state index contributed by atoms with van der Waals surface area (Å²) in [7, 11) is 0. The van der Waals surface area contributed by atoms with Crippen LogP contribution in [0.5, 0.6) is 0 Å². The molecule has 10 heteroatoms. The van der Waals surface area contributed by atoms with Gasteiger partial charge >= 0.3 is 0 Å². The number of halogens is 1. The minimum Gasteiger partial charge on any atom is -0.294 e. The standard InChI is InChI=1S/C19H15FN6O2S/c20-13-7-5-12(6-8-13)9-26-17(28)14-3-1-2-4-15(14)23-19(26)29-10-16(27)24-18-21-11-22-25-18/h1-8,11H,9-10H2,(H2,21,22,24,25,27). The molecule has 146 valence electrons. The van der Waals surface area contributed by atoms with Crippen molar-refractivity contribution in [3.63, 3.8) is 0 Å². The Morgan fingerprint density at radius 3 is 2.72 bits per heavy atom. The highest BCUT2D eigenvalue weighted by molar-refractivity contribution is 7.99. The Hall–Kier alpha value is -3.53. The minimum absolute atomic E-state index is 0.0227. The van der Waals surface area contributed by atoms with Crippen molar-refractivity contribution in [1.29, 1.82) is 0 Å². The number of amides is 1. The number of hydrogen-bond donors (Lipinski definition) is 2. The number of benzene rings is 2. The van der Waals surface area contributed by atoms with Gasteiger partial charge in [-0.2, -0.15) is 10.1 Å². The summed E-state index contributed by atoms with van der Waals surface area (Å²) in [6.45, 7) is 0.211. The fourth-order valence-electron chi connectivity index (χ4n) is 2.73. The second kappa shape index (κ2) is 8.23. The molecule has 0 spiro atoms. The molecule has 29 heavy (non-hydrogen) atoms. The van der Waals surface area contributed by atoms with Crippen molar-refractivity contribution in [2.45, 2.75) is 11.7 Å². The van der Waals surface area contributed by atoms with Crippen molar-refractivity contribution < 1.29 is 9.18 Å². The Morgan fingerprint density at radius 2 is 1.97 bits per heavy atom. The van der Waals surface area contributed by atoms with Crippen LogP contribution in [0.1, 0.15) is 5.56 Å². The van der Waals surface area contributed by atoms with E-state index in [0.717, 1.165) is 17.3 Å².